The fraction of sp³-hybridized carbons (Fsp3) is 0.368. The lowest BCUT2D eigenvalue weighted by Crippen LogP contribution is -2.49. The summed E-state index contributed by atoms with van der Waals surface area (Å²) in [6, 6.07) is 7.43. The van der Waals surface area contributed by atoms with Crippen LogP contribution in [0.4, 0.5) is 5.82 Å². The number of hydrogen-bond acceptors (Lipinski definition) is 6. The van der Waals surface area contributed by atoms with Crippen molar-refractivity contribution in [2.45, 2.75) is 5.75 Å². The van der Waals surface area contributed by atoms with Crippen LogP contribution < -0.4 is 4.90 Å². The number of rotatable bonds is 4. The molecule has 0 saturated carbocycles. The van der Waals surface area contributed by atoms with Crippen molar-refractivity contribution in [3.05, 3.63) is 47.9 Å². The molecular formula is C19H22N6O2S. The molecule has 0 N–H and O–H groups in total. The number of carbonyl (C=O) groups excluding carboxylic acids is 1. The molecule has 2 aromatic heterocycles. The Hall–Kier alpha value is -2.81. The lowest BCUT2D eigenvalue weighted by Gasteiger charge is -2.35. The molecule has 28 heavy (non-hydrogen) atoms. The summed E-state index contributed by atoms with van der Waals surface area (Å²) in [5, 5.41) is 5.19. The summed E-state index contributed by atoms with van der Waals surface area (Å²) >= 11 is 0. The molecule has 1 unspecified atom stereocenters. The summed E-state index contributed by atoms with van der Waals surface area (Å²) in [4.78, 5) is 25.6. The normalized spacial score (nSPS) is 15.8. The number of carbonyl (C=O) groups is 1. The van der Waals surface area contributed by atoms with Crippen molar-refractivity contribution in [2.24, 2.45) is 7.05 Å². The van der Waals surface area contributed by atoms with E-state index in [0.717, 1.165) is 22.4 Å². The highest BCUT2D eigenvalue weighted by molar-refractivity contribution is 7.83. The van der Waals surface area contributed by atoms with Gasteiger partial charge in [-0.25, -0.2) is 9.97 Å². The molecule has 1 aromatic carbocycles. The van der Waals surface area contributed by atoms with Gasteiger partial charge in [0.1, 0.15) is 12.1 Å². The third-order valence-corrected chi connectivity index (χ3v) is 5.66. The van der Waals surface area contributed by atoms with E-state index < -0.39 is 10.8 Å². The van der Waals surface area contributed by atoms with Gasteiger partial charge in [-0.15, -0.1) is 0 Å². The lowest BCUT2D eigenvalue weighted by atomic mass is 10.1. The Balaban J connectivity index is 1.46. The van der Waals surface area contributed by atoms with Gasteiger partial charge < -0.3 is 9.80 Å². The van der Waals surface area contributed by atoms with Crippen LogP contribution in [0.2, 0.25) is 0 Å². The van der Waals surface area contributed by atoms with E-state index in [2.05, 4.69) is 20.0 Å². The molecule has 4 rings (SSSR count). The van der Waals surface area contributed by atoms with Crippen LogP contribution in [0.25, 0.3) is 11.0 Å². The molecule has 8 nitrogen and oxygen atoms in total. The molecule has 0 radical (unpaired) electrons. The zero-order chi connectivity index (χ0) is 19.7. The molecule has 9 heteroatoms. The van der Waals surface area contributed by atoms with Gasteiger partial charge in [-0.05, 0) is 17.7 Å². The Morgan fingerprint density at radius 2 is 1.96 bits per heavy atom. The predicted molar refractivity (Wildman–Crippen MR) is 109 cm³/mol. The van der Waals surface area contributed by atoms with Crippen molar-refractivity contribution in [3.8, 4) is 0 Å². The molecule has 3 aromatic rings. The molecule has 3 heterocycles. The van der Waals surface area contributed by atoms with Crippen LogP contribution in [0, 0.1) is 0 Å². The van der Waals surface area contributed by atoms with Crippen molar-refractivity contribution < 1.29 is 9.00 Å². The van der Waals surface area contributed by atoms with Gasteiger partial charge in [0, 0.05) is 61.6 Å². The first-order valence-electron chi connectivity index (χ1n) is 9.09. The second kappa shape index (κ2) is 7.67. The van der Waals surface area contributed by atoms with Crippen LogP contribution in [0.3, 0.4) is 0 Å². The molecule has 1 aliphatic rings. The summed E-state index contributed by atoms with van der Waals surface area (Å²) in [7, 11) is 0.930. The zero-order valence-corrected chi connectivity index (χ0v) is 16.7. The Labute approximate surface area is 165 Å². The first-order chi connectivity index (χ1) is 13.5. The number of benzene rings is 1. The summed E-state index contributed by atoms with van der Waals surface area (Å²) in [6.07, 6.45) is 5.01. The van der Waals surface area contributed by atoms with E-state index in [1.54, 1.807) is 23.5 Å². The van der Waals surface area contributed by atoms with Crippen molar-refractivity contribution >= 4 is 33.6 Å². The molecule has 1 saturated heterocycles. The first-order valence-corrected chi connectivity index (χ1v) is 10.8. The summed E-state index contributed by atoms with van der Waals surface area (Å²) < 4.78 is 13.2. The van der Waals surface area contributed by atoms with Crippen molar-refractivity contribution in [1.82, 2.24) is 24.6 Å². The number of aromatic nitrogens is 4. The van der Waals surface area contributed by atoms with Gasteiger partial charge in [0.05, 0.1) is 11.6 Å². The number of fused-ring (bicyclic) bond motifs is 1. The third-order valence-electron chi connectivity index (χ3n) is 4.92. The van der Waals surface area contributed by atoms with Crippen molar-refractivity contribution in [3.63, 3.8) is 0 Å². The maximum absolute atomic E-state index is 12.9. The highest BCUT2D eigenvalue weighted by Gasteiger charge is 2.24. The largest absolute Gasteiger partial charge is 0.352 e. The quantitative estimate of drug-likeness (QED) is 0.657. The van der Waals surface area contributed by atoms with E-state index in [1.807, 2.05) is 36.2 Å². The maximum Gasteiger partial charge on any atom is 0.253 e. The SMILES string of the molecule is Cn1ncc2c(N3CCN(C(=O)c4cccc(CS(C)=O)c4)CC3)ncnc21. The Morgan fingerprint density at radius 1 is 1.18 bits per heavy atom. The summed E-state index contributed by atoms with van der Waals surface area (Å²) in [5.41, 5.74) is 2.37. The van der Waals surface area contributed by atoms with Gasteiger partial charge in [0.25, 0.3) is 5.91 Å². The highest BCUT2D eigenvalue weighted by Crippen LogP contribution is 2.23. The molecular weight excluding hydrogens is 376 g/mol. The standard InChI is InChI=1S/C19H22N6O2S/c1-23-17-16(11-22-23)18(21-13-20-17)24-6-8-25(9-7-24)19(26)15-5-3-4-14(10-15)12-28(2)27/h3-5,10-11,13H,6-9,12H2,1-2H3. The number of aryl methyl sites for hydroxylation is 1. The smallest absolute Gasteiger partial charge is 0.253 e. The first kappa shape index (κ1) is 18.5. The topological polar surface area (TPSA) is 84.2 Å². The molecule has 0 bridgehead atoms. The van der Waals surface area contributed by atoms with Gasteiger partial charge in [-0.2, -0.15) is 5.10 Å². The summed E-state index contributed by atoms with van der Waals surface area (Å²) in [5.74, 6) is 1.33. The average molecular weight is 398 g/mol. The summed E-state index contributed by atoms with van der Waals surface area (Å²) in [6.45, 7) is 2.64. The van der Waals surface area contributed by atoms with Crippen LogP contribution in [-0.4, -0.2) is 67.2 Å². The maximum atomic E-state index is 12.9. The van der Waals surface area contributed by atoms with Crippen molar-refractivity contribution in [1.29, 1.82) is 0 Å². The Kier molecular flexibility index (Phi) is 5.08. The van der Waals surface area contributed by atoms with Gasteiger partial charge in [0.2, 0.25) is 0 Å². The monoisotopic (exact) mass is 398 g/mol. The zero-order valence-electron chi connectivity index (χ0n) is 15.9. The number of hydrogen-bond donors (Lipinski definition) is 0. The average Bonchev–Trinajstić information content (AvgIpc) is 3.08. The van der Waals surface area contributed by atoms with E-state index in [-0.39, 0.29) is 5.91 Å². The van der Waals surface area contributed by atoms with E-state index in [0.29, 0.717) is 37.5 Å². The second-order valence-electron chi connectivity index (χ2n) is 6.90. The molecule has 146 valence electrons. The van der Waals surface area contributed by atoms with E-state index >= 15 is 0 Å². The van der Waals surface area contributed by atoms with Gasteiger partial charge in [0.15, 0.2) is 5.65 Å². The molecule has 1 amide bonds. The lowest BCUT2D eigenvalue weighted by molar-refractivity contribution is 0.0746. The van der Waals surface area contributed by atoms with Crippen LogP contribution in [0.5, 0.6) is 0 Å². The minimum Gasteiger partial charge on any atom is -0.352 e. The Morgan fingerprint density at radius 3 is 2.71 bits per heavy atom. The second-order valence-corrected chi connectivity index (χ2v) is 8.33. The Bertz CT molecular complexity index is 1040. The molecule has 0 spiro atoms. The minimum absolute atomic E-state index is 0.0117. The van der Waals surface area contributed by atoms with Gasteiger partial charge >= 0.3 is 0 Å². The third kappa shape index (κ3) is 3.62. The number of amides is 1. The molecule has 1 atom stereocenters. The number of piperazine rings is 1. The van der Waals surface area contributed by atoms with E-state index in [4.69, 9.17) is 0 Å². The van der Waals surface area contributed by atoms with Gasteiger partial charge in [-0.3, -0.25) is 13.7 Å². The predicted octanol–water partition coefficient (Wildman–Crippen LogP) is 1.20. The number of anilines is 1. The van der Waals surface area contributed by atoms with Crippen LogP contribution >= 0.6 is 0 Å². The fourth-order valence-electron chi connectivity index (χ4n) is 3.53. The van der Waals surface area contributed by atoms with Crippen LogP contribution in [0.1, 0.15) is 15.9 Å². The van der Waals surface area contributed by atoms with Crippen LogP contribution in [-0.2, 0) is 23.6 Å². The van der Waals surface area contributed by atoms with Crippen molar-refractivity contribution in [2.75, 3.05) is 37.3 Å². The highest BCUT2D eigenvalue weighted by atomic mass is 32.2. The molecule has 1 aliphatic heterocycles. The minimum atomic E-state index is -0.929. The van der Waals surface area contributed by atoms with Gasteiger partial charge in [-0.1, -0.05) is 12.1 Å². The number of nitrogens with zero attached hydrogens (tertiary/aromatic N) is 6. The van der Waals surface area contributed by atoms with E-state index in [1.165, 1.54) is 0 Å². The van der Waals surface area contributed by atoms with E-state index in [9.17, 15) is 9.00 Å². The molecule has 0 aliphatic carbocycles. The fourth-order valence-corrected chi connectivity index (χ4v) is 4.18. The van der Waals surface area contributed by atoms with Crippen LogP contribution in [0.15, 0.2) is 36.8 Å². The molecule has 1 fully saturated rings.